The van der Waals surface area contributed by atoms with Gasteiger partial charge in [-0.15, -0.1) is 0 Å². The molecule has 84 valence electrons. The van der Waals surface area contributed by atoms with Gasteiger partial charge in [-0.1, -0.05) is 31.9 Å². The fraction of sp³-hybridized carbons (Fsp3) is 0.500. The average molecular weight is 214 g/mol. The Hall–Kier alpha value is -1.31. The second kappa shape index (κ2) is 3.93. The first-order valence-corrected chi connectivity index (χ1v) is 6.32. The van der Waals surface area contributed by atoms with Crippen LogP contribution in [0.15, 0.2) is 24.3 Å². The smallest absolute Gasteiger partial charge is 0.109 e. The summed E-state index contributed by atoms with van der Waals surface area (Å²) < 4.78 is 2.41. The Bertz CT molecular complexity index is 494. The van der Waals surface area contributed by atoms with Gasteiger partial charge in [0.15, 0.2) is 0 Å². The summed E-state index contributed by atoms with van der Waals surface area (Å²) in [5.41, 5.74) is 2.45. The van der Waals surface area contributed by atoms with E-state index in [-0.39, 0.29) is 0 Å². The molecule has 0 saturated heterocycles. The largest absolute Gasteiger partial charge is 0.328 e. The van der Waals surface area contributed by atoms with Gasteiger partial charge in [0.1, 0.15) is 5.82 Å². The van der Waals surface area contributed by atoms with Gasteiger partial charge in [0.05, 0.1) is 11.0 Å². The Morgan fingerprint density at radius 3 is 2.88 bits per heavy atom. The zero-order chi connectivity index (χ0) is 11.0. The number of nitrogens with zero attached hydrogens (tertiary/aromatic N) is 2. The Kier molecular flexibility index (Phi) is 2.43. The third-order valence-corrected chi connectivity index (χ3v) is 3.51. The molecule has 0 unspecified atom stereocenters. The highest BCUT2D eigenvalue weighted by Crippen LogP contribution is 2.33. The lowest BCUT2D eigenvalue weighted by Gasteiger charge is -2.07. The number of benzene rings is 1. The topological polar surface area (TPSA) is 17.8 Å². The first-order chi connectivity index (χ1) is 7.88. The molecule has 1 aromatic carbocycles. The summed E-state index contributed by atoms with van der Waals surface area (Å²) in [6, 6.07) is 8.48. The van der Waals surface area contributed by atoms with Gasteiger partial charge in [-0.25, -0.2) is 4.98 Å². The van der Waals surface area contributed by atoms with Crippen molar-refractivity contribution in [3.05, 3.63) is 30.1 Å². The molecule has 1 aliphatic rings. The highest BCUT2D eigenvalue weighted by atomic mass is 15.1. The highest BCUT2D eigenvalue weighted by molar-refractivity contribution is 5.75. The van der Waals surface area contributed by atoms with Crippen LogP contribution in [-0.4, -0.2) is 9.55 Å². The molecule has 1 fully saturated rings. The van der Waals surface area contributed by atoms with Gasteiger partial charge in [0, 0.05) is 13.0 Å². The van der Waals surface area contributed by atoms with Gasteiger partial charge in [-0.3, -0.25) is 0 Å². The lowest BCUT2D eigenvalue weighted by atomic mass is 10.2. The molecule has 1 saturated carbocycles. The predicted octanol–water partition coefficient (Wildman–Crippen LogP) is 3.40. The molecule has 16 heavy (non-hydrogen) atoms. The molecule has 0 spiro atoms. The number of aryl methyl sites for hydroxylation is 2. The van der Waals surface area contributed by atoms with Crippen molar-refractivity contribution >= 4 is 11.0 Å². The summed E-state index contributed by atoms with van der Waals surface area (Å²) in [5, 5.41) is 0. The van der Waals surface area contributed by atoms with Crippen LogP contribution in [0, 0.1) is 5.92 Å². The van der Waals surface area contributed by atoms with Crippen molar-refractivity contribution in [1.29, 1.82) is 0 Å². The summed E-state index contributed by atoms with van der Waals surface area (Å²) in [7, 11) is 0. The van der Waals surface area contributed by atoms with Crippen LogP contribution >= 0.6 is 0 Å². The van der Waals surface area contributed by atoms with E-state index in [1.807, 2.05) is 0 Å². The fourth-order valence-electron chi connectivity index (χ4n) is 2.36. The number of hydrogen-bond donors (Lipinski definition) is 0. The minimum Gasteiger partial charge on any atom is -0.328 e. The van der Waals surface area contributed by atoms with Gasteiger partial charge in [0.25, 0.3) is 0 Å². The van der Waals surface area contributed by atoms with E-state index >= 15 is 0 Å². The molecular weight excluding hydrogens is 196 g/mol. The SMILES string of the molecule is CCc1nc2ccccc2n1CCC1CC1. The van der Waals surface area contributed by atoms with Gasteiger partial charge in [0.2, 0.25) is 0 Å². The number of hydrogen-bond acceptors (Lipinski definition) is 1. The molecular formula is C14H18N2. The van der Waals surface area contributed by atoms with E-state index in [9.17, 15) is 0 Å². The monoisotopic (exact) mass is 214 g/mol. The summed E-state index contributed by atoms with van der Waals surface area (Å²) in [6.45, 7) is 3.34. The molecule has 2 heteroatoms. The third-order valence-electron chi connectivity index (χ3n) is 3.51. The van der Waals surface area contributed by atoms with Gasteiger partial charge in [-0.05, 0) is 24.5 Å². The first kappa shape index (κ1) is 9.88. The van der Waals surface area contributed by atoms with Crippen LogP contribution in [-0.2, 0) is 13.0 Å². The van der Waals surface area contributed by atoms with Gasteiger partial charge >= 0.3 is 0 Å². The van der Waals surface area contributed by atoms with E-state index < -0.39 is 0 Å². The Labute approximate surface area is 96.3 Å². The van der Waals surface area contributed by atoms with Crippen molar-refractivity contribution in [2.75, 3.05) is 0 Å². The lowest BCUT2D eigenvalue weighted by molar-refractivity contribution is 0.588. The Morgan fingerprint density at radius 1 is 1.31 bits per heavy atom. The fourth-order valence-corrected chi connectivity index (χ4v) is 2.36. The molecule has 1 heterocycles. The molecule has 2 aromatic rings. The zero-order valence-electron chi connectivity index (χ0n) is 9.82. The van der Waals surface area contributed by atoms with Crippen LogP contribution < -0.4 is 0 Å². The van der Waals surface area contributed by atoms with Crippen LogP contribution in [0.5, 0.6) is 0 Å². The van der Waals surface area contributed by atoms with Crippen LogP contribution in [0.2, 0.25) is 0 Å². The lowest BCUT2D eigenvalue weighted by Crippen LogP contribution is -2.03. The Morgan fingerprint density at radius 2 is 2.12 bits per heavy atom. The van der Waals surface area contributed by atoms with E-state index in [1.165, 1.54) is 30.6 Å². The minimum atomic E-state index is 0.992. The maximum Gasteiger partial charge on any atom is 0.109 e. The summed E-state index contributed by atoms with van der Waals surface area (Å²) in [5.74, 6) is 2.23. The van der Waals surface area contributed by atoms with E-state index in [1.54, 1.807) is 0 Å². The van der Waals surface area contributed by atoms with E-state index in [4.69, 9.17) is 4.98 Å². The van der Waals surface area contributed by atoms with Crippen molar-refractivity contribution in [3.63, 3.8) is 0 Å². The summed E-state index contributed by atoms with van der Waals surface area (Å²) >= 11 is 0. The number of para-hydroxylation sites is 2. The van der Waals surface area contributed by atoms with Crippen LogP contribution in [0.3, 0.4) is 0 Å². The molecule has 1 aliphatic carbocycles. The molecule has 0 N–H and O–H groups in total. The quantitative estimate of drug-likeness (QED) is 0.762. The van der Waals surface area contributed by atoms with Crippen molar-refractivity contribution in [2.24, 2.45) is 5.92 Å². The summed E-state index contributed by atoms with van der Waals surface area (Å²) in [6.07, 6.45) is 5.23. The molecule has 0 bridgehead atoms. The maximum atomic E-state index is 4.69. The van der Waals surface area contributed by atoms with Crippen molar-refractivity contribution < 1.29 is 0 Å². The van der Waals surface area contributed by atoms with Crippen molar-refractivity contribution in [2.45, 2.75) is 39.2 Å². The van der Waals surface area contributed by atoms with E-state index in [2.05, 4.69) is 35.8 Å². The average Bonchev–Trinajstić information content (AvgIpc) is 3.07. The highest BCUT2D eigenvalue weighted by Gasteiger charge is 2.21. The maximum absolute atomic E-state index is 4.69. The van der Waals surface area contributed by atoms with Gasteiger partial charge in [-0.2, -0.15) is 0 Å². The first-order valence-electron chi connectivity index (χ1n) is 6.32. The molecule has 0 aliphatic heterocycles. The van der Waals surface area contributed by atoms with Crippen molar-refractivity contribution in [3.8, 4) is 0 Å². The third kappa shape index (κ3) is 1.73. The number of fused-ring (bicyclic) bond motifs is 1. The molecule has 0 radical (unpaired) electrons. The Balaban J connectivity index is 1.97. The van der Waals surface area contributed by atoms with Crippen LogP contribution in [0.25, 0.3) is 11.0 Å². The molecule has 2 nitrogen and oxygen atoms in total. The molecule has 0 amide bonds. The zero-order valence-corrected chi connectivity index (χ0v) is 9.82. The van der Waals surface area contributed by atoms with Crippen molar-refractivity contribution in [1.82, 2.24) is 9.55 Å². The van der Waals surface area contributed by atoms with E-state index in [0.717, 1.165) is 24.4 Å². The molecule has 3 rings (SSSR count). The second-order valence-electron chi connectivity index (χ2n) is 4.75. The van der Waals surface area contributed by atoms with Crippen LogP contribution in [0.1, 0.15) is 32.0 Å². The molecule has 1 aromatic heterocycles. The minimum absolute atomic E-state index is 0.992. The normalized spacial score (nSPS) is 15.8. The number of aromatic nitrogens is 2. The number of imidazole rings is 1. The summed E-state index contributed by atoms with van der Waals surface area (Å²) in [4.78, 5) is 4.69. The van der Waals surface area contributed by atoms with E-state index in [0.29, 0.717) is 0 Å². The van der Waals surface area contributed by atoms with Crippen LogP contribution in [0.4, 0.5) is 0 Å². The standard InChI is InChI=1S/C14H18N2/c1-2-14-15-12-5-3-4-6-13(12)16(14)10-9-11-7-8-11/h3-6,11H,2,7-10H2,1H3. The predicted molar refractivity (Wildman–Crippen MR) is 66.5 cm³/mol. The second-order valence-corrected chi connectivity index (χ2v) is 4.75. The van der Waals surface area contributed by atoms with Gasteiger partial charge < -0.3 is 4.57 Å². The number of rotatable bonds is 4. The molecule has 0 atom stereocenters.